The molecule has 1 aliphatic carbocycles. The normalized spacial score (nSPS) is 12.2. The molecular weight excluding hydrogens is 973 g/mol. The maximum absolute atomic E-state index is 5.53. The lowest BCUT2D eigenvalue weighted by Crippen LogP contribution is -2.02. The molecular formula is C74H44N6. The minimum Gasteiger partial charge on any atom is -0.309 e. The number of benzene rings is 12. The van der Waals surface area contributed by atoms with Crippen LogP contribution < -0.4 is 0 Å². The second kappa shape index (κ2) is 16.4. The third-order valence-electron chi connectivity index (χ3n) is 17.2. The van der Waals surface area contributed by atoms with Gasteiger partial charge in [-0.25, -0.2) is 9.97 Å². The molecule has 80 heavy (non-hydrogen) atoms. The Bertz CT molecular complexity index is 5480. The summed E-state index contributed by atoms with van der Waals surface area (Å²) in [5.41, 5.74) is 21.7. The number of rotatable bonds is 6. The van der Waals surface area contributed by atoms with E-state index in [9.17, 15) is 0 Å². The average molecular weight is 1020 g/mol. The van der Waals surface area contributed by atoms with E-state index in [4.69, 9.17) is 9.97 Å². The van der Waals surface area contributed by atoms with Gasteiger partial charge in [0.1, 0.15) is 0 Å². The lowest BCUT2D eigenvalue weighted by molar-refractivity contribution is 0.996. The van der Waals surface area contributed by atoms with E-state index in [2.05, 4.69) is 279 Å². The van der Waals surface area contributed by atoms with E-state index < -0.39 is 0 Å². The Labute approximate surface area is 458 Å². The van der Waals surface area contributed by atoms with Crippen LogP contribution in [-0.2, 0) is 0 Å². The maximum Gasteiger partial charge on any atom is 0.235 e. The molecule has 0 fully saturated rings. The highest BCUT2D eigenvalue weighted by atomic mass is 15.2. The Morgan fingerprint density at radius 2 is 0.637 bits per heavy atom. The zero-order valence-corrected chi connectivity index (χ0v) is 43.1. The van der Waals surface area contributed by atoms with Crippen molar-refractivity contribution in [2.24, 2.45) is 0 Å². The van der Waals surface area contributed by atoms with Crippen molar-refractivity contribution in [2.45, 2.75) is 0 Å². The third-order valence-corrected chi connectivity index (χ3v) is 17.2. The molecule has 5 heterocycles. The summed E-state index contributed by atoms with van der Waals surface area (Å²) >= 11 is 0. The topological polar surface area (TPSA) is 45.5 Å². The molecule has 0 amide bonds. The van der Waals surface area contributed by atoms with Crippen LogP contribution in [0, 0.1) is 0 Å². The van der Waals surface area contributed by atoms with Crippen LogP contribution in [0.15, 0.2) is 267 Å². The van der Waals surface area contributed by atoms with Crippen LogP contribution in [0.2, 0.25) is 0 Å². The van der Waals surface area contributed by atoms with Gasteiger partial charge in [0, 0.05) is 82.6 Å². The molecule has 0 saturated heterocycles. The van der Waals surface area contributed by atoms with Crippen LogP contribution >= 0.6 is 0 Å². The van der Waals surface area contributed by atoms with Crippen molar-refractivity contribution >= 4 is 98.0 Å². The van der Waals surface area contributed by atoms with E-state index in [-0.39, 0.29) is 0 Å². The Kier molecular flexibility index (Phi) is 8.85. The first-order valence-electron chi connectivity index (χ1n) is 27.4. The van der Waals surface area contributed by atoms with Gasteiger partial charge in [0.05, 0.1) is 55.5 Å². The van der Waals surface area contributed by atoms with E-state index in [1.165, 1.54) is 92.9 Å². The molecule has 18 rings (SSSR count). The molecule has 370 valence electrons. The van der Waals surface area contributed by atoms with E-state index in [0.29, 0.717) is 5.95 Å². The fraction of sp³-hybridized carbons (Fsp3) is 0. The Balaban J connectivity index is 0.742. The molecule has 5 aromatic heterocycles. The predicted molar refractivity (Wildman–Crippen MR) is 332 cm³/mol. The molecule has 0 aliphatic heterocycles. The second-order valence-electron chi connectivity index (χ2n) is 21.3. The SMILES string of the molecule is c1ccc(-n2c3ccccc3c3cc(-c4ccc5c(c4)c4ccccc4n5-c4ncc5c(n4)-c4cccc6c(-n7c8ccccc8c8cc(-c9ccc%10c(c9)c9ccccc9n%10-c9ccccc9)ccc87)ccc-5c46)ccc32)cc1. The molecule has 1 aliphatic rings. The molecule has 12 aromatic carbocycles. The van der Waals surface area contributed by atoms with Crippen molar-refractivity contribution in [3.8, 4) is 67.6 Å². The number of fused-ring (bicyclic) bond motifs is 15. The monoisotopic (exact) mass is 1020 g/mol. The van der Waals surface area contributed by atoms with Crippen molar-refractivity contribution in [2.75, 3.05) is 0 Å². The van der Waals surface area contributed by atoms with Crippen LogP contribution in [0.5, 0.6) is 0 Å². The molecule has 6 nitrogen and oxygen atoms in total. The Morgan fingerprint density at radius 1 is 0.250 bits per heavy atom. The number of nitrogens with zero attached hydrogens (tertiary/aromatic N) is 6. The molecule has 0 spiro atoms. The van der Waals surface area contributed by atoms with Gasteiger partial charge in [-0.3, -0.25) is 4.57 Å². The molecule has 0 atom stereocenters. The number of hydrogen-bond acceptors (Lipinski definition) is 2. The zero-order valence-electron chi connectivity index (χ0n) is 43.1. The number of aromatic nitrogens is 6. The van der Waals surface area contributed by atoms with E-state index >= 15 is 0 Å². The molecule has 17 aromatic rings. The van der Waals surface area contributed by atoms with Crippen LogP contribution in [0.25, 0.3) is 166 Å². The van der Waals surface area contributed by atoms with Gasteiger partial charge in [0.25, 0.3) is 0 Å². The van der Waals surface area contributed by atoms with Crippen molar-refractivity contribution in [3.63, 3.8) is 0 Å². The maximum atomic E-state index is 5.53. The summed E-state index contributed by atoms with van der Waals surface area (Å²) in [6, 6.07) is 95.3. The quantitative estimate of drug-likeness (QED) is 0.167. The van der Waals surface area contributed by atoms with Gasteiger partial charge in [-0.2, -0.15) is 0 Å². The highest BCUT2D eigenvalue weighted by Crippen LogP contribution is 2.49. The highest BCUT2D eigenvalue weighted by Gasteiger charge is 2.28. The van der Waals surface area contributed by atoms with Gasteiger partial charge in [-0.05, 0) is 131 Å². The number of para-hydroxylation sites is 6. The van der Waals surface area contributed by atoms with Gasteiger partial charge in [-0.15, -0.1) is 0 Å². The second-order valence-corrected chi connectivity index (χ2v) is 21.3. The van der Waals surface area contributed by atoms with Crippen LogP contribution in [0.4, 0.5) is 0 Å². The zero-order chi connectivity index (χ0) is 52.2. The summed E-state index contributed by atoms with van der Waals surface area (Å²) < 4.78 is 9.45. The van der Waals surface area contributed by atoms with Crippen molar-refractivity contribution in [1.29, 1.82) is 0 Å². The van der Waals surface area contributed by atoms with Gasteiger partial charge in [0.15, 0.2) is 0 Å². The first kappa shape index (κ1) is 43.3. The summed E-state index contributed by atoms with van der Waals surface area (Å²) in [7, 11) is 0. The van der Waals surface area contributed by atoms with Crippen LogP contribution in [0.1, 0.15) is 0 Å². The van der Waals surface area contributed by atoms with Crippen LogP contribution in [-0.4, -0.2) is 28.2 Å². The number of hydrogen-bond donors (Lipinski definition) is 0. The van der Waals surface area contributed by atoms with Crippen molar-refractivity contribution in [3.05, 3.63) is 267 Å². The van der Waals surface area contributed by atoms with Gasteiger partial charge < -0.3 is 13.7 Å². The van der Waals surface area contributed by atoms with Crippen molar-refractivity contribution in [1.82, 2.24) is 28.2 Å². The first-order valence-corrected chi connectivity index (χ1v) is 27.4. The fourth-order valence-corrected chi connectivity index (χ4v) is 13.7. The van der Waals surface area contributed by atoms with Gasteiger partial charge >= 0.3 is 0 Å². The summed E-state index contributed by atoms with van der Waals surface area (Å²) in [4.78, 5) is 10.7. The lowest BCUT2D eigenvalue weighted by atomic mass is 10.0. The fourth-order valence-electron chi connectivity index (χ4n) is 13.7. The van der Waals surface area contributed by atoms with Gasteiger partial charge in [-0.1, -0.05) is 158 Å². The molecule has 0 unspecified atom stereocenters. The Hall–Kier alpha value is -10.8. The summed E-state index contributed by atoms with van der Waals surface area (Å²) in [6.45, 7) is 0. The molecule has 6 heteroatoms. The molecule has 0 saturated carbocycles. The molecule has 0 N–H and O–H groups in total. The lowest BCUT2D eigenvalue weighted by Gasteiger charge is -2.13. The van der Waals surface area contributed by atoms with E-state index in [1.54, 1.807) is 0 Å². The largest absolute Gasteiger partial charge is 0.309 e. The van der Waals surface area contributed by atoms with E-state index in [1.807, 2.05) is 6.20 Å². The summed E-state index contributed by atoms with van der Waals surface area (Å²) in [5, 5.41) is 12.1. The van der Waals surface area contributed by atoms with Crippen LogP contribution in [0.3, 0.4) is 0 Å². The Morgan fingerprint density at radius 3 is 1.12 bits per heavy atom. The highest BCUT2D eigenvalue weighted by molar-refractivity contribution is 6.19. The predicted octanol–water partition coefficient (Wildman–Crippen LogP) is 19.0. The minimum atomic E-state index is 0.655. The third kappa shape index (κ3) is 6.01. The smallest absolute Gasteiger partial charge is 0.235 e. The van der Waals surface area contributed by atoms with Gasteiger partial charge in [0.2, 0.25) is 5.95 Å². The van der Waals surface area contributed by atoms with Crippen molar-refractivity contribution < 1.29 is 0 Å². The summed E-state index contributed by atoms with van der Waals surface area (Å²) in [5.74, 6) is 0.655. The average Bonchev–Trinajstić information content (AvgIpc) is 4.40. The molecule has 0 bridgehead atoms. The van der Waals surface area contributed by atoms with E-state index in [0.717, 1.165) is 66.8 Å². The molecule has 0 radical (unpaired) electrons. The summed E-state index contributed by atoms with van der Waals surface area (Å²) in [6.07, 6.45) is 2.04. The standard InChI is InChI=1S/C74H44N6/c1-3-16-49(17-4-1)77-63-26-11-7-20-51(63)58-40-45(30-35-68(58)77)47-32-37-70-60(42-47)53-22-9-13-28-65(53)79(70)67-39-34-55-62-44-75-74(76-73(62)57-25-15-24-56(67)72(55)57)80-66-29-14-10-23-54(66)61-43-48(33-38-71(61)80)46-31-36-69-59(41-46)52-21-8-12-27-64(52)78(69)50-18-5-2-6-19-50/h1-44H. The minimum absolute atomic E-state index is 0.655. The first-order chi connectivity index (χ1) is 39.7.